The van der Waals surface area contributed by atoms with Crippen molar-refractivity contribution in [2.45, 2.75) is 25.0 Å². The number of methoxy groups -OCH3 is 1. The first-order valence-electron chi connectivity index (χ1n) is 8.97. The van der Waals surface area contributed by atoms with Crippen molar-refractivity contribution in [3.8, 4) is 0 Å². The molecule has 3 rings (SSSR count). The van der Waals surface area contributed by atoms with Gasteiger partial charge in [-0.1, -0.05) is 23.9 Å². The van der Waals surface area contributed by atoms with E-state index in [0.717, 1.165) is 16.7 Å². The number of non-ortho nitro benzene ring substituents is 1. The standard InChI is InChI=1S/C19H19N3O7S/c1-4-29-19(25)13-12(10-5-7-11(8-6-10)22(26)27)14(18(24)28-3)17-21(15(13)20)16(23)9(2)30-17/h5-9,12H,4,20H2,1-3H3. The molecule has 1 saturated heterocycles. The van der Waals surface area contributed by atoms with Crippen LogP contribution in [0.4, 0.5) is 5.69 Å². The van der Waals surface area contributed by atoms with Crippen LogP contribution in [0.15, 0.2) is 46.3 Å². The fraction of sp³-hybridized carbons (Fsp3) is 0.316. The summed E-state index contributed by atoms with van der Waals surface area (Å²) in [6, 6.07) is 5.38. The van der Waals surface area contributed by atoms with Crippen molar-refractivity contribution in [3.63, 3.8) is 0 Å². The minimum absolute atomic E-state index is 0.0474. The number of esters is 2. The number of nitrogens with zero attached hydrogens (tertiary/aromatic N) is 2. The van der Waals surface area contributed by atoms with Crippen LogP contribution in [0.5, 0.6) is 0 Å². The number of nitro benzene ring substituents is 1. The first-order valence-corrected chi connectivity index (χ1v) is 9.85. The van der Waals surface area contributed by atoms with Crippen LogP contribution < -0.4 is 5.73 Å². The SMILES string of the molecule is CCOC(=O)C1=C(N)N2C(=O)C(C)SC2=C(C(=O)OC)C1c1ccc([N+](=O)[O-])cc1. The van der Waals surface area contributed by atoms with Gasteiger partial charge in [0, 0.05) is 12.1 Å². The van der Waals surface area contributed by atoms with E-state index in [1.165, 1.54) is 31.4 Å². The van der Waals surface area contributed by atoms with Crippen molar-refractivity contribution >= 4 is 35.3 Å². The second kappa shape index (κ2) is 8.19. The summed E-state index contributed by atoms with van der Waals surface area (Å²) < 4.78 is 10.1. The fourth-order valence-electron chi connectivity index (χ4n) is 3.37. The Bertz CT molecular complexity index is 1000. The summed E-state index contributed by atoms with van der Waals surface area (Å²) >= 11 is 1.13. The quantitative estimate of drug-likeness (QED) is 0.417. The summed E-state index contributed by atoms with van der Waals surface area (Å²) in [6.07, 6.45) is 0. The maximum atomic E-state index is 12.8. The summed E-state index contributed by atoms with van der Waals surface area (Å²) in [5.41, 5.74) is 6.42. The van der Waals surface area contributed by atoms with Crippen molar-refractivity contribution < 1.29 is 28.8 Å². The van der Waals surface area contributed by atoms with Gasteiger partial charge in [-0.2, -0.15) is 0 Å². The molecule has 2 N–H and O–H groups in total. The molecule has 0 aliphatic carbocycles. The highest BCUT2D eigenvalue weighted by Gasteiger charge is 2.49. The van der Waals surface area contributed by atoms with Crippen LogP contribution in [-0.4, -0.2) is 46.6 Å². The zero-order valence-electron chi connectivity index (χ0n) is 16.4. The van der Waals surface area contributed by atoms with E-state index in [1.54, 1.807) is 13.8 Å². The summed E-state index contributed by atoms with van der Waals surface area (Å²) in [7, 11) is 1.18. The largest absolute Gasteiger partial charge is 0.466 e. The number of carbonyl (C=O) groups excluding carboxylic acids is 3. The number of hydrogen-bond acceptors (Lipinski definition) is 9. The maximum absolute atomic E-state index is 12.8. The van der Waals surface area contributed by atoms with Crippen LogP contribution in [-0.2, 0) is 23.9 Å². The zero-order valence-corrected chi connectivity index (χ0v) is 17.2. The number of nitrogens with two attached hydrogens (primary N) is 1. The van der Waals surface area contributed by atoms with E-state index in [2.05, 4.69) is 0 Å². The number of fused-ring (bicyclic) bond motifs is 1. The second-order valence-electron chi connectivity index (χ2n) is 6.45. The fourth-order valence-corrected chi connectivity index (χ4v) is 4.53. The van der Waals surface area contributed by atoms with Crippen LogP contribution in [0, 0.1) is 10.1 Å². The first-order chi connectivity index (χ1) is 14.2. The number of hydrogen-bond donors (Lipinski definition) is 1. The molecule has 1 amide bonds. The average molecular weight is 433 g/mol. The van der Waals surface area contributed by atoms with Gasteiger partial charge in [-0.25, -0.2) is 9.59 Å². The molecule has 2 unspecified atom stereocenters. The lowest BCUT2D eigenvalue weighted by Crippen LogP contribution is -2.40. The van der Waals surface area contributed by atoms with Crippen LogP contribution in [0.3, 0.4) is 0 Å². The maximum Gasteiger partial charge on any atom is 0.338 e. The Balaban J connectivity index is 2.28. The molecular weight excluding hydrogens is 414 g/mol. The number of amides is 1. The third-order valence-corrected chi connectivity index (χ3v) is 5.90. The Hall–Kier alpha value is -3.34. The molecule has 11 heteroatoms. The van der Waals surface area contributed by atoms with Crippen molar-refractivity contribution in [2.75, 3.05) is 13.7 Å². The Morgan fingerprint density at radius 1 is 1.23 bits per heavy atom. The lowest BCUT2D eigenvalue weighted by Gasteiger charge is -2.33. The van der Waals surface area contributed by atoms with Gasteiger partial charge in [-0.3, -0.25) is 19.8 Å². The Morgan fingerprint density at radius 2 is 1.87 bits per heavy atom. The first kappa shape index (κ1) is 21.4. The van der Waals surface area contributed by atoms with Crippen molar-refractivity contribution in [1.82, 2.24) is 4.90 Å². The molecule has 0 aromatic heterocycles. The highest BCUT2D eigenvalue weighted by atomic mass is 32.2. The highest BCUT2D eigenvalue weighted by Crippen LogP contribution is 2.49. The lowest BCUT2D eigenvalue weighted by molar-refractivity contribution is -0.384. The normalized spacial score (nSPS) is 20.9. The molecule has 2 heterocycles. The second-order valence-corrected chi connectivity index (χ2v) is 7.77. The molecule has 0 saturated carbocycles. The van der Waals surface area contributed by atoms with E-state index in [-0.39, 0.29) is 40.2 Å². The van der Waals surface area contributed by atoms with Crippen LogP contribution in [0.25, 0.3) is 0 Å². The van der Waals surface area contributed by atoms with Crippen molar-refractivity contribution in [2.24, 2.45) is 5.73 Å². The van der Waals surface area contributed by atoms with Gasteiger partial charge in [0.05, 0.1) is 46.0 Å². The van der Waals surface area contributed by atoms with Crippen LogP contribution in [0.1, 0.15) is 25.3 Å². The van der Waals surface area contributed by atoms with Crippen molar-refractivity contribution in [1.29, 1.82) is 0 Å². The minimum Gasteiger partial charge on any atom is -0.466 e. The number of nitro groups is 1. The van der Waals surface area contributed by atoms with Gasteiger partial charge in [0.1, 0.15) is 5.82 Å². The molecule has 2 aliphatic heterocycles. The van der Waals surface area contributed by atoms with Gasteiger partial charge in [0.25, 0.3) is 5.69 Å². The van der Waals surface area contributed by atoms with Gasteiger partial charge in [-0.05, 0) is 19.4 Å². The van der Waals surface area contributed by atoms with Crippen molar-refractivity contribution in [3.05, 3.63) is 61.9 Å². The highest BCUT2D eigenvalue weighted by molar-refractivity contribution is 8.04. The molecule has 2 atom stereocenters. The third kappa shape index (κ3) is 3.41. The molecule has 1 aromatic rings. The van der Waals surface area contributed by atoms with E-state index < -0.39 is 28.0 Å². The Labute approximate surface area is 175 Å². The summed E-state index contributed by atoms with van der Waals surface area (Å²) in [5.74, 6) is -3.08. The average Bonchev–Trinajstić information content (AvgIpc) is 3.02. The Kier molecular flexibility index (Phi) is 5.83. The molecule has 1 aromatic carbocycles. The third-order valence-electron chi connectivity index (χ3n) is 4.72. The van der Waals surface area contributed by atoms with Gasteiger partial charge >= 0.3 is 11.9 Å². The van der Waals surface area contributed by atoms with Crippen LogP contribution >= 0.6 is 11.8 Å². The molecule has 0 spiro atoms. The number of rotatable bonds is 5. The number of ether oxygens (including phenoxy) is 2. The number of carbonyl (C=O) groups is 3. The summed E-state index contributed by atoms with van der Waals surface area (Å²) in [6.45, 7) is 3.32. The molecule has 10 nitrogen and oxygen atoms in total. The minimum atomic E-state index is -1.02. The molecule has 0 bridgehead atoms. The molecule has 0 radical (unpaired) electrons. The van der Waals surface area contributed by atoms with Gasteiger partial charge in [0.2, 0.25) is 5.91 Å². The number of thioether (sulfide) groups is 1. The smallest absolute Gasteiger partial charge is 0.338 e. The van der Waals surface area contributed by atoms with Gasteiger partial charge in [0.15, 0.2) is 0 Å². The van der Waals surface area contributed by atoms with E-state index in [4.69, 9.17) is 15.2 Å². The molecular formula is C19H19N3O7S. The molecule has 2 aliphatic rings. The topological polar surface area (TPSA) is 142 Å². The van der Waals surface area contributed by atoms with E-state index in [0.29, 0.717) is 5.56 Å². The van der Waals surface area contributed by atoms with Crippen LogP contribution in [0.2, 0.25) is 0 Å². The van der Waals surface area contributed by atoms with E-state index in [1.807, 2.05) is 0 Å². The number of benzene rings is 1. The monoisotopic (exact) mass is 433 g/mol. The molecule has 1 fully saturated rings. The zero-order chi connectivity index (χ0) is 22.2. The predicted molar refractivity (Wildman–Crippen MR) is 107 cm³/mol. The predicted octanol–water partition coefficient (Wildman–Crippen LogP) is 1.77. The van der Waals surface area contributed by atoms with Gasteiger partial charge < -0.3 is 15.2 Å². The Morgan fingerprint density at radius 3 is 2.40 bits per heavy atom. The lowest BCUT2D eigenvalue weighted by atomic mass is 9.82. The summed E-state index contributed by atoms with van der Waals surface area (Å²) in [4.78, 5) is 49.8. The van der Waals surface area contributed by atoms with E-state index >= 15 is 0 Å². The summed E-state index contributed by atoms with van der Waals surface area (Å²) in [5, 5.41) is 10.8. The van der Waals surface area contributed by atoms with E-state index in [9.17, 15) is 24.5 Å². The molecule has 158 valence electrons. The molecule has 30 heavy (non-hydrogen) atoms. The van der Waals surface area contributed by atoms with Gasteiger partial charge in [-0.15, -0.1) is 0 Å².